The molecule has 1 aliphatic rings. The van der Waals surface area contributed by atoms with Crippen molar-refractivity contribution in [1.29, 1.82) is 0 Å². The average Bonchev–Trinajstić information content (AvgIpc) is 2.62. The highest BCUT2D eigenvalue weighted by atomic mass is 16.6. The van der Waals surface area contributed by atoms with Crippen LogP contribution in [0.1, 0.15) is 71.1 Å². The summed E-state index contributed by atoms with van der Waals surface area (Å²) in [4.78, 5) is 30.5. The fraction of sp³-hybridized carbons (Fsp3) is 0.667. The molecular formula is C21H31NO4. The molecule has 26 heavy (non-hydrogen) atoms. The second-order valence-corrected chi connectivity index (χ2v) is 7.41. The summed E-state index contributed by atoms with van der Waals surface area (Å²) >= 11 is 0. The number of carbonyl (C=O) groups is 2. The maximum Gasteiger partial charge on any atom is 0.323 e. The first-order valence-corrected chi connectivity index (χ1v) is 9.72. The van der Waals surface area contributed by atoms with Crippen molar-refractivity contribution in [3.63, 3.8) is 0 Å². The third-order valence-corrected chi connectivity index (χ3v) is 5.31. The summed E-state index contributed by atoms with van der Waals surface area (Å²) < 4.78 is 10.7. The number of hydrogen-bond acceptors (Lipinski definition) is 5. The van der Waals surface area contributed by atoms with Crippen LogP contribution in [-0.4, -0.2) is 30.1 Å². The van der Waals surface area contributed by atoms with Crippen molar-refractivity contribution in [2.75, 3.05) is 13.2 Å². The number of esters is 2. The molecule has 0 spiro atoms. The number of carbonyl (C=O) groups excluding carboxylic acids is 2. The molecule has 0 aromatic carbocycles. The summed E-state index contributed by atoms with van der Waals surface area (Å²) in [6, 6.07) is 3.82. The van der Waals surface area contributed by atoms with Gasteiger partial charge in [0.05, 0.1) is 13.2 Å². The standard InChI is InChI=1S/C21H31NO4/c1-5-8-9-12-20(4)15-21(18(23)25-6-2,19(24)26-7-3)14-16-11-10-13-22-17(16)20/h10-11,13H,5-9,12,14-15H2,1-4H3. The van der Waals surface area contributed by atoms with E-state index in [9.17, 15) is 9.59 Å². The topological polar surface area (TPSA) is 65.5 Å². The van der Waals surface area contributed by atoms with E-state index in [4.69, 9.17) is 9.47 Å². The van der Waals surface area contributed by atoms with Gasteiger partial charge in [0.15, 0.2) is 5.41 Å². The molecule has 1 heterocycles. The van der Waals surface area contributed by atoms with E-state index in [1.54, 1.807) is 20.0 Å². The lowest BCUT2D eigenvalue weighted by molar-refractivity contribution is -0.175. The average molecular weight is 361 g/mol. The number of fused-ring (bicyclic) bond motifs is 1. The molecule has 1 aromatic rings. The van der Waals surface area contributed by atoms with Crippen molar-refractivity contribution >= 4 is 11.9 Å². The van der Waals surface area contributed by atoms with Crippen molar-refractivity contribution in [1.82, 2.24) is 4.98 Å². The first kappa shape index (κ1) is 20.4. The summed E-state index contributed by atoms with van der Waals surface area (Å²) in [5, 5.41) is 0. The van der Waals surface area contributed by atoms with E-state index in [0.717, 1.165) is 36.9 Å². The minimum Gasteiger partial charge on any atom is -0.465 e. The second-order valence-electron chi connectivity index (χ2n) is 7.41. The second kappa shape index (κ2) is 8.65. The number of rotatable bonds is 8. The fourth-order valence-corrected chi connectivity index (χ4v) is 4.14. The molecule has 0 amide bonds. The number of aromatic nitrogens is 1. The number of ether oxygens (including phenoxy) is 2. The third-order valence-electron chi connectivity index (χ3n) is 5.31. The van der Waals surface area contributed by atoms with Gasteiger partial charge in [0.2, 0.25) is 0 Å². The Morgan fingerprint density at radius 1 is 1.12 bits per heavy atom. The number of unbranched alkanes of at least 4 members (excludes halogenated alkanes) is 2. The molecule has 0 aliphatic heterocycles. The van der Waals surface area contributed by atoms with Crippen molar-refractivity contribution in [2.24, 2.45) is 5.41 Å². The molecule has 1 aromatic heterocycles. The van der Waals surface area contributed by atoms with E-state index in [1.807, 2.05) is 12.1 Å². The van der Waals surface area contributed by atoms with Gasteiger partial charge in [0, 0.05) is 23.7 Å². The minimum atomic E-state index is -1.29. The van der Waals surface area contributed by atoms with Crippen LogP contribution in [0, 0.1) is 5.41 Å². The van der Waals surface area contributed by atoms with Crippen LogP contribution in [0.4, 0.5) is 0 Å². The Bertz CT molecular complexity index is 625. The minimum absolute atomic E-state index is 0.242. The Balaban J connectivity index is 2.50. The van der Waals surface area contributed by atoms with E-state index in [-0.39, 0.29) is 25.0 Å². The van der Waals surface area contributed by atoms with E-state index in [1.165, 1.54) is 0 Å². The zero-order chi connectivity index (χ0) is 19.2. The van der Waals surface area contributed by atoms with Gasteiger partial charge in [-0.05, 0) is 38.3 Å². The number of pyridine rings is 1. The van der Waals surface area contributed by atoms with Crippen LogP contribution in [0.15, 0.2) is 18.3 Å². The Labute approximate surface area is 156 Å². The first-order chi connectivity index (χ1) is 12.4. The highest BCUT2D eigenvalue weighted by Crippen LogP contribution is 2.49. The zero-order valence-corrected chi connectivity index (χ0v) is 16.5. The van der Waals surface area contributed by atoms with Gasteiger partial charge in [0.25, 0.3) is 0 Å². The SMILES string of the molecule is CCCCCC1(C)CC(C(=O)OCC)(C(=O)OCC)Cc2cccnc21. The lowest BCUT2D eigenvalue weighted by Gasteiger charge is -2.43. The predicted molar refractivity (Wildman–Crippen MR) is 99.8 cm³/mol. The zero-order valence-electron chi connectivity index (χ0n) is 16.5. The molecule has 0 radical (unpaired) electrons. The quantitative estimate of drug-likeness (QED) is 0.398. The van der Waals surface area contributed by atoms with Crippen molar-refractivity contribution < 1.29 is 19.1 Å². The van der Waals surface area contributed by atoms with Gasteiger partial charge >= 0.3 is 11.9 Å². The molecule has 1 unspecified atom stereocenters. The maximum absolute atomic E-state index is 12.9. The van der Waals surface area contributed by atoms with Crippen LogP contribution >= 0.6 is 0 Å². The Morgan fingerprint density at radius 3 is 2.35 bits per heavy atom. The first-order valence-electron chi connectivity index (χ1n) is 9.72. The highest BCUT2D eigenvalue weighted by Gasteiger charge is 2.56. The van der Waals surface area contributed by atoms with E-state index in [2.05, 4.69) is 18.8 Å². The number of hydrogen-bond donors (Lipinski definition) is 0. The molecule has 0 fully saturated rings. The van der Waals surface area contributed by atoms with Crippen LogP contribution in [0.3, 0.4) is 0 Å². The normalized spacial score (nSPS) is 20.9. The molecule has 1 aliphatic carbocycles. The van der Waals surface area contributed by atoms with Crippen LogP contribution in [0.5, 0.6) is 0 Å². The molecule has 0 bridgehead atoms. The number of nitrogens with zero attached hydrogens (tertiary/aromatic N) is 1. The summed E-state index contributed by atoms with van der Waals surface area (Å²) in [7, 11) is 0. The van der Waals surface area contributed by atoms with Gasteiger partial charge in [-0.1, -0.05) is 39.2 Å². The monoisotopic (exact) mass is 361 g/mol. The van der Waals surface area contributed by atoms with Crippen LogP contribution in [-0.2, 0) is 30.9 Å². The Kier molecular flexibility index (Phi) is 6.79. The molecule has 1 atom stereocenters. The van der Waals surface area contributed by atoms with Crippen LogP contribution in [0.25, 0.3) is 0 Å². The van der Waals surface area contributed by atoms with Crippen molar-refractivity contribution in [3.05, 3.63) is 29.6 Å². The molecule has 144 valence electrons. The van der Waals surface area contributed by atoms with Crippen LogP contribution < -0.4 is 0 Å². The maximum atomic E-state index is 12.9. The fourth-order valence-electron chi connectivity index (χ4n) is 4.14. The molecular weight excluding hydrogens is 330 g/mol. The van der Waals surface area contributed by atoms with Gasteiger partial charge in [-0.3, -0.25) is 14.6 Å². The molecule has 0 saturated carbocycles. The summed E-state index contributed by atoms with van der Waals surface area (Å²) in [6.45, 7) is 8.28. The van der Waals surface area contributed by atoms with Crippen LogP contribution in [0.2, 0.25) is 0 Å². The van der Waals surface area contributed by atoms with Crippen molar-refractivity contribution in [3.8, 4) is 0 Å². The summed E-state index contributed by atoms with van der Waals surface area (Å²) in [5.74, 6) is -0.954. The molecule has 2 rings (SSSR count). The smallest absolute Gasteiger partial charge is 0.323 e. The van der Waals surface area contributed by atoms with E-state index >= 15 is 0 Å². The van der Waals surface area contributed by atoms with Gasteiger partial charge in [-0.25, -0.2) is 0 Å². The molecule has 0 N–H and O–H groups in total. The van der Waals surface area contributed by atoms with Crippen molar-refractivity contribution in [2.45, 2.75) is 71.6 Å². The molecule has 5 nitrogen and oxygen atoms in total. The summed E-state index contributed by atoms with van der Waals surface area (Å²) in [6.07, 6.45) is 6.60. The summed E-state index contributed by atoms with van der Waals surface area (Å²) in [5.41, 5.74) is 0.297. The highest BCUT2D eigenvalue weighted by molar-refractivity contribution is 6.01. The molecule has 0 saturated heterocycles. The largest absolute Gasteiger partial charge is 0.465 e. The predicted octanol–water partition coefficient (Wildman–Crippen LogP) is 3.98. The molecule has 5 heteroatoms. The van der Waals surface area contributed by atoms with Gasteiger partial charge in [-0.15, -0.1) is 0 Å². The van der Waals surface area contributed by atoms with E-state index < -0.39 is 17.4 Å². The lowest BCUT2D eigenvalue weighted by atomic mass is 9.60. The van der Waals surface area contributed by atoms with E-state index in [0.29, 0.717) is 6.42 Å². The lowest BCUT2D eigenvalue weighted by Crippen LogP contribution is -2.51. The Morgan fingerprint density at radius 2 is 1.77 bits per heavy atom. The Hall–Kier alpha value is -1.91. The van der Waals surface area contributed by atoms with Gasteiger partial charge in [0.1, 0.15) is 0 Å². The third kappa shape index (κ3) is 3.92. The van der Waals surface area contributed by atoms with Gasteiger partial charge < -0.3 is 9.47 Å². The van der Waals surface area contributed by atoms with Gasteiger partial charge in [-0.2, -0.15) is 0 Å².